The Hall–Kier alpha value is -3.18. The first kappa shape index (κ1) is 16.3. The molecule has 2 aromatic heterocycles. The minimum Gasteiger partial charge on any atom is -0.478 e. The number of rotatable bonds is 4. The van der Waals surface area contributed by atoms with Crippen LogP contribution >= 0.6 is 11.6 Å². The molecule has 0 bridgehead atoms. The van der Waals surface area contributed by atoms with Gasteiger partial charge in [0.15, 0.2) is 0 Å². The summed E-state index contributed by atoms with van der Waals surface area (Å²) in [4.78, 5) is 16.1. The fraction of sp³-hybridized carbons (Fsp3) is 0.0500. The van der Waals surface area contributed by atoms with Gasteiger partial charge in [0.25, 0.3) is 0 Å². The van der Waals surface area contributed by atoms with Gasteiger partial charge in [0.2, 0.25) is 0 Å². The van der Waals surface area contributed by atoms with Crippen molar-refractivity contribution >= 4 is 28.5 Å². The number of aromatic nitrogens is 3. The molecule has 1 N–H and O–H groups in total. The van der Waals surface area contributed by atoms with Crippen LogP contribution in [0.15, 0.2) is 67.0 Å². The monoisotopic (exact) mass is 363 g/mol. The highest BCUT2D eigenvalue weighted by atomic mass is 35.5. The molecule has 4 aromatic rings. The first-order valence-electron chi connectivity index (χ1n) is 8.00. The number of carboxylic acid groups (broad SMARTS) is 1. The molecule has 0 spiro atoms. The number of aromatic carboxylic acids is 1. The second-order valence-electron chi connectivity index (χ2n) is 5.90. The first-order chi connectivity index (χ1) is 12.6. The average molecular weight is 364 g/mol. The van der Waals surface area contributed by atoms with Crippen LogP contribution in [0.4, 0.5) is 0 Å². The van der Waals surface area contributed by atoms with Crippen molar-refractivity contribution in [2.45, 2.75) is 6.54 Å². The second-order valence-corrected chi connectivity index (χ2v) is 6.34. The van der Waals surface area contributed by atoms with E-state index in [4.69, 9.17) is 11.6 Å². The number of hydrogen-bond acceptors (Lipinski definition) is 3. The molecule has 4 rings (SSSR count). The first-order valence-corrected chi connectivity index (χ1v) is 8.38. The lowest BCUT2D eigenvalue weighted by Gasteiger charge is -2.07. The molecule has 0 saturated carbocycles. The van der Waals surface area contributed by atoms with E-state index in [0.717, 1.165) is 16.8 Å². The highest BCUT2D eigenvalue weighted by Crippen LogP contribution is 2.25. The van der Waals surface area contributed by atoms with Crippen LogP contribution < -0.4 is 0 Å². The summed E-state index contributed by atoms with van der Waals surface area (Å²) in [5.74, 6) is -1.04. The maximum absolute atomic E-state index is 11.6. The summed E-state index contributed by atoms with van der Waals surface area (Å²) in [7, 11) is 0. The number of benzene rings is 2. The minimum absolute atomic E-state index is 0.130. The smallest absolute Gasteiger partial charge is 0.337 e. The van der Waals surface area contributed by atoms with Crippen molar-refractivity contribution in [1.82, 2.24) is 14.8 Å². The van der Waals surface area contributed by atoms with Gasteiger partial charge in [0.1, 0.15) is 0 Å². The third-order valence-corrected chi connectivity index (χ3v) is 4.39. The zero-order valence-corrected chi connectivity index (χ0v) is 14.4. The summed E-state index contributed by atoms with van der Waals surface area (Å²) in [6.45, 7) is 0.375. The summed E-state index contributed by atoms with van der Waals surface area (Å²) in [5.41, 5.74) is 3.58. The molecule has 2 aromatic carbocycles. The van der Waals surface area contributed by atoms with Gasteiger partial charge < -0.3 is 5.11 Å². The van der Waals surface area contributed by atoms with E-state index >= 15 is 0 Å². The Morgan fingerprint density at radius 1 is 1.04 bits per heavy atom. The molecule has 128 valence electrons. The van der Waals surface area contributed by atoms with Gasteiger partial charge in [-0.2, -0.15) is 5.10 Å². The molecule has 0 aliphatic heterocycles. The van der Waals surface area contributed by atoms with Crippen LogP contribution in [0.5, 0.6) is 0 Å². The van der Waals surface area contributed by atoms with Gasteiger partial charge in [-0.1, -0.05) is 48.0 Å². The molecular weight excluding hydrogens is 350 g/mol. The Kier molecular flexibility index (Phi) is 4.14. The predicted octanol–water partition coefficient (Wildman–Crippen LogP) is 4.50. The highest BCUT2D eigenvalue weighted by Gasteiger charge is 2.15. The number of nitrogens with zero attached hydrogens (tertiary/aromatic N) is 3. The summed E-state index contributed by atoms with van der Waals surface area (Å²) < 4.78 is 1.64. The van der Waals surface area contributed by atoms with E-state index in [1.54, 1.807) is 16.9 Å². The zero-order valence-electron chi connectivity index (χ0n) is 13.6. The van der Waals surface area contributed by atoms with Crippen LogP contribution in [0.2, 0.25) is 5.02 Å². The molecule has 2 heterocycles. The number of pyridine rings is 1. The average Bonchev–Trinajstić information content (AvgIpc) is 3.04. The van der Waals surface area contributed by atoms with Gasteiger partial charge >= 0.3 is 5.97 Å². The molecule has 0 aliphatic carbocycles. The summed E-state index contributed by atoms with van der Waals surface area (Å²) in [6.07, 6.45) is 3.43. The van der Waals surface area contributed by atoms with Crippen LogP contribution in [-0.2, 0) is 6.54 Å². The third kappa shape index (κ3) is 3.05. The number of halogens is 1. The topological polar surface area (TPSA) is 68.0 Å². The van der Waals surface area contributed by atoms with E-state index in [1.807, 2.05) is 48.7 Å². The van der Waals surface area contributed by atoms with Gasteiger partial charge in [-0.05, 0) is 23.8 Å². The Bertz CT molecular complexity index is 1090. The molecule has 6 heteroatoms. The normalized spacial score (nSPS) is 11.0. The van der Waals surface area contributed by atoms with E-state index in [9.17, 15) is 9.90 Å². The molecular formula is C20H14ClN3O2. The highest BCUT2D eigenvalue weighted by molar-refractivity contribution is 6.32. The van der Waals surface area contributed by atoms with Crippen LogP contribution in [0.25, 0.3) is 22.0 Å². The minimum atomic E-state index is -1.04. The lowest BCUT2D eigenvalue weighted by atomic mass is 10.1. The third-order valence-electron chi connectivity index (χ3n) is 4.17. The van der Waals surface area contributed by atoms with E-state index in [-0.39, 0.29) is 5.56 Å². The molecule has 0 unspecified atom stereocenters. The van der Waals surface area contributed by atoms with Crippen molar-refractivity contribution in [2.75, 3.05) is 0 Å². The Balaban J connectivity index is 1.69. The van der Waals surface area contributed by atoms with Crippen molar-refractivity contribution in [1.29, 1.82) is 0 Å². The molecule has 0 atom stereocenters. The largest absolute Gasteiger partial charge is 0.478 e. The molecule has 26 heavy (non-hydrogen) atoms. The second kappa shape index (κ2) is 6.61. The summed E-state index contributed by atoms with van der Waals surface area (Å²) in [5, 5.41) is 14.8. The maximum Gasteiger partial charge on any atom is 0.337 e. The summed E-state index contributed by atoms with van der Waals surface area (Å²) in [6, 6.07) is 17.1. The maximum atomic E-state index is 11.6. The Labute approximate surface area is 154 Å². The van der Waals surface area contributed by atoms with Gasteiger partial charge in [-0.15, -0.1) is 0 Å². The van der Waals surface area contributed by atoms with Crippen molar-refractivity contribution in [3.8, 4) is 11.1 Å². The van der Waals surface area contributed by atoms with Crippen LogP contribution in [0.3, 0.4) is 0 Å². The number of carboxylic acids is 1. The van der Waals surface area contributed by atoms with Crippen LogP contribution in [0, 0.1) is 0 Å². The lowest BCUT2D eigenvalue weighted by Crippen LogP contribution is -2.07. The van der Waals surface area contributed by atoms with E-state index in [2.05, 4.69) is 10.1 Å². The summed E-state index contributed by atoms with van der Waals surface area (Å²) >= 11 is 6.00. The molecule has 0 fully saturated rings. The van der Waals surface area contributed by atoms with Crippen LogP contribution in [-0.4, -0.2) is 25.8 Å². The predicted molar refractivity (Wildman–Crippen MR) is 100 cm³/mol. The fourth-order valence-corrected chi connectivity index (χ4v) is 3.18. The van der Waals surface area contributed by atoms with Crippen molar-refractivity contribution in [3.63, 3.8) is 0 Å². The van der Waals surface area contributed by atoms with E-state index < -0.39 is 5.97 Å². The number of carbonyl (C=O) groups is 1. The van der Waals surface area contributed by atoms with E-state index in [1.165, 1.54) is 6.07 Å². The van der Waals surface area contributed by atoms with Gasteiger partial charge in [0.05, 0.1) is 29.5 Å². The Morgan fingerprint density at radius 3 is 2.54 bits per heavy atom. The standard InChI is InChI=1S/C20H14ClN3O2/c21-16-8-15-11-23-24(19(15)18(9-16)20(25)26)12-17-7-6-14(10-22-17)13-4-2-1-3-5-13/h1-11H,12H2,(H,25,26). The Morgan fingerprint density at radius 2 is 1.85 bits per heavy atom. The molecule has 0 aliphatic rings. The van der Waals surface area contributed by atoms with Crippen molar-refractivity contribution < 1.29 is 9.90 Å². The molecule has 0 saturated heterocycles. The van der Waals surface area contributed by atoms with Crippen LogP contribution in [0.1, 0.15) is 16.1 Å². The lowest BCUT2D eigenvalue weighted by molar-refractivity contribution is 0.0698. The van der Waals surface area contributed by atoms with Crippen molar-refractivity contribution in [3.05, 3.63) is 83.3 Å². The van der Waals surface area contributed by atoms with Gasteiger partial charge in [-0.3, -0.25) is 9.67 Å². The molecule has 0 amide bonds. The van der Waals surface area contributed by atoms with Crippen molar-refractivity contribution in [2.24, 2.45) is 0 Å². The molecule has 0 radical (unpaired) electrons. The van der Waals surface area contributed by atoms with Gasteiger partial charge in [0, 0.05) is 22.2 Å². The SMILES string of the molecule is O=C(O)c1cc(Cl)cc2cnn(Cc3ccc(-c4ccccc4)cn3)c12. The molecule has 5 nitrogen and oxygen atoms in total. The quantitative estimate of drug-likeness (QED) is 0.579. The fourth-order valence-electron chi connectivity index (χ4n) is 2.95. The number of fused-ring (bicyclic) bond motifs is 1. The van der Waals surface area contributed by atoms with Gasteiger partial charge in [-0.25, -0.2) is 4.79 Å². The van der Waals surface area contributed by atoms with E-state index in [0.29, 0.717) is 22.5 Å². The number of hydrogen-bond donors (Lipinski definition) is 1. The zero-order chi connectivity index (χ0) is 18.1.